The molecule has 5 atom stereocenters. The topological polar surface area (TPSA) is 229 Å². The molecule has 0 radical (unpaired) electrons. The zero-order valence-electron chi connectivity index (χ0n) is 15.3. The third-order valence-corrected chi connectivity index (χ3v) is 8.28. The Morgan fingerprint density at radius 2 is 1.81 bits per heavy atom. The van der Waals surface area contributed by atoms with Crippen molar-refractivity contribution in [3.05, 3.63) is 24.8 Å². The fourth-order valence-corrected chi connectivity index (χ4v) is 6.27. The summed E-state index contributed by atoms with van der Waals surface area (Å²) in [5, 5.41) is 0. The number of phosphoric acid groups is 3. The molecule has 31 heavy (non-hydrogen) atoms. The first kappa shape index (κ1) is 24.1. The molecule has 2 aromatic rings. The van der Waals surface area contributed by atoms with Crippen LogP contribution < -0.4 is 5.73 Å². The van der Waals surface area contributed by atoms with Crippen LogP contribution in [0.15, 0.2) is 24.8 Å². The molecule has 0 spiro atoms. The van der Waals surface area contributed by atoms with E-state index in [0.717, 1.165) is 0 Å². The maximum atomic E-state index is 13.7. The molecule has 2 unspecified atom stereocenters. The normalized spacial score (nSPS) is 25.7. The largest absolute Gasteiger partial charge is 0.490 e. The number of alkyl halides is 1. The third kappa shape index (κ3) is 5.26. The van der Waals surface area contributed by atoms with Gasteiger partial charge in [0.05, 0.1) is 25.7 Å². The van der Waals surface area contributed by atoms with E-state index < -0.39 is 54.6 Å². The summed E-state index contributed by atoms with van der Waals surface area (Å²) in [6, 6.07) is -0.640. The molecule has 2 heterocycles. The maximum Gasteiger partial charge on any atom is 0.490 e. The van der Waals surface area contributed by atoms with Gasteiger partial charge in [-0.05, 0) is 5.57 Å². The van der Waals surface area contributed by atoms with E-state index in [9.17, 15) is 23.0 Å². The Bertz CT molecular complexity index is 1150. The van der Waals surface area contributed by atoms with Gasteiger partial charge in [0.25, 0.3) is 0 Å². The van der Waals surface area contributed by atoms with Crippen molar-refractivity contribution in [2.24, 2.45) is 11.8 Å². The molecule has 1 aliphatic carbocycles. The molecule has 15 nitrogen and oxygen atoms in total. The Balaban J connectivity index is 1.70. The molecule has 0 aliphatic heterocycles. The van der Waals surface area contributed by atoms with Gasteiger partial charge in [-0.3, -0.25) is 8.91 Å². The first-order chi connectivity index (χ1) is 14.2. The number of aromatic nitrogens is 4. The fourth-order valence-electron chi connectivity index (χ4n) is 3.23. The van der Waals surface area contributed by atoms with Gasteiger partial charge in [-0.2, -0.15) is 8.62 Å². The predicted octanol–water partition coefficient (Wildman–Crippen LogP) is 1.06. The average Bonchev–Trinajstić information content (AvgIpc) is 3.01. The molecule has 0 amide bonds. The van der Waals surface area contributed by atoms with E-state index >= 15 is 0 Å². The van der Waals surface area contributed by atoms with Crippen LogP contribution in [-0.4, -0.2) is 52.4 Å². The van der Waals surface area contributed by atoms with Gasteiger partial charge in [0.2, 0.25) is 0 Å². The zero-order chi connectivity index (χ0) is 23.2. The molecular weight excluding hydrogens is 486 g/mol. The summed E-state index contributed by atoms with van der Waals surface area (Å²) in [6.45, 7) is 2.27. The van der Waals surface area contributed by atoms with Gasteiger partial charge in [-0.25, -0.2) is 28.6 Å². The number of fused-ring (bicyclic) bond motifs is 1. The highest BCUT2D eigenvalue weighted by Crippen LogP contribution is 2.66. The van der Waals surface area contributed by atoms with Crippen LogP contribution in [0, 0.1) is 11.8 Å². The van der Waals surface area contributed by atoms with Gasteiger partial charge in [-0.15, -0.1) is 0 Å². The second-order valence-corrected chi connectivity index (χ2v) is 10.8. The number of anilines is 1. The smallest absolute Gasteiger partial charge is 0.382 e. The lowest BCUT2D eigenvalue weighted by Crippen LogP contribution is -2.44. The molecule has 1 saturated carbocycles. The highest BCUT2D eigenvalue weighted by molar-refractivity contribution is 7.66. The second-order valence-electron chi connectivity index (χ2n) is 6.41. The monoisotopic (exact) mass is 503 g/mol. The molecular formula is C12H17FN5O10P3. The standard InChI is InChI=1S/C12H17FN5O10P3/c1-6-8(3-26-30(22,23)28-31(24,25)27-29(19,20)21)7(2-13)10(6)18-5-17-9-11(14)15-4-16-12(9)18/h4-5,7-8,10H,1-3H2,(H,22,23)(H,24,25)(H2,14,15,16)(H2,19,20,21)/t7-,8+,10-/m1/s1. The molecule has 3 rings (SSSR count). The molecule has 6 N–H and O–H groups in total. The van der Waals surface area contributed by atoms with Crippen molar-refractivity contribution in [1.82, 2.24) is 19.5 Å². The Labute approximate surface area is 173 Å². The number of halogens is 1. The highest BCUT2D eigenvalue weighted by atomic mass is 31.3. The van der Waals surface area contributed by atoms with Crippen molar-refractivity contribution in [3.8, 4) is 0 Å². The van der Waals surface area contributed by atoms with Crippen molar-refractivity contribution < 1.29 is 50.8 Å². The van der Waals surface area contributed by atoms with Crippen LogP contribution in [0.2, 0.25) is 0 Å². The summed E-state index contributed by atoms with van der Waals surface area (Å²) >= 11 is 0. The lowest BCUT2D eigenvalue weighted by atomic mass is 9.66. The number of nitrogens with two attached hydrogens (primary N) is 1. The Morgan fingerprint density at radius 3 is 2.42 bits per heavy atom. The minimum Gasteiger partial charge on any atom is -0.382 e. The first-order valence-corrected chi connectivity index (χ1v) is 12.7. The number of phosphoric ester groups is 1. The number of rotatable bonds is 9. The molecule has 0 saturated heterocycles. The predicted molar refractivity (Wildman–Crippen MR) is 101 cm³/mol. The number of hydrogen-bond donors (Lipinski definition) is 5. The van der Waals surface area contributed by atoms with Crippen LogP contribution in [0.3, 0.4) is 0 Å². The first-order valence-electron chi connectivity index (χ1n) is 8.20. The van der Waals surface area contributed by atoms with Gasteiger partial charge < -0.3 is 29.9 Å². The van der Waals surface area contributed by atoms with Gasteiger partial charge in [-0.1, -0.05) is 6.58 Å². The van der Waals surface area contributed by atoms with Gasteiger partial charge >= 0.3 is 23.5 Å². The van der Waals surface area contributed by atoms with E-state index in [-0.39, 0.29) is 5.82 Å². The average molecular weight is 503 g/mol. The van der Waals surface area contributed by atoms with Crippen LogP contribution >= 0.6 is 23.5 Å². The van der Waals surface area contributed by atoms with E-state index in [0.29, 0.717) is 16.7 Å². The zero-order valence-corrected chi connectivity index (χ0v) is 18.0. The highest BCUT2D eigenvalue weighted by Gasteiger charge is 2.48. The summed E-state index contributed by atoms with van der Waals surface area (Å²) in [4.78, 5) is 47.7. The number of imidazole rings is 1. The number of nitrogen functional groups attached to an aromatic ring is 1. The quantitative estimate of drug-likeness (QED) is 0.238. The molecule has 1 aliphatic rings. The van der Waals surface area contributed by atoms with E-state index in [2.05, 4.69) is 34.7 Å². The fraction of sp³-hybridized carbons (Fsp3) is 0.417. The van der Waals surface area contributed by atoms with Crippen molar-refractivity contribution in [2.75, 3.05) is 19.0 Å². The Morgan fingerprint density at radius 1 is 1.13 bits per heavy atom. The van der Waals surface area contributed by atoms with Crippen LogP contribution in [-0.2, 0) is 26.8 Å². The molecule has 1 fully saturated rings. The molecule has 0 bridgehead atoms. The maximum absolute atomic E-state index is 13.7. The molecule has 19 heteroatoms. The summed E-state index contributed by atoms with van der Waals surface area (Å²) in [5.41, 5.74) is 6.72. The van der Waals surface area contributed by atoms with Crippen molar-refractivity contribution >= 4 is 40.4 Å². The Hall–Kier alpha value is -1.57. The molecule has 0 aromatic carbocycles. The Kier molecular flexibility index (Phi) is 6.53. The molecule has 2 aromatic heterocycles. The minimum absolute atomic E-state index is 0.120. The van der Waals surface area contributed by atoms with E-state index in [1.54, 1.807) is 0 Å². The lowest BCUT2D eigenvalue weighted by molar-refractivity contribution is 0.0747. The second kappa shape index (κ2) is 8.41. The van der Waals surface area contributed by atoms with Crippen molar-refractivity contribution in [3.63, 3.8) is 0 Å². The SMILES string of the molecule is C=C1[C@@H](n2cnc3c(N)ncnc32)[C@H](CF)[C@H]1COP(=O)(O)OP(=O)(O)OP(=O)(O)O. The van der Waals surface area contributed by atoms with E-state index in [4.69, 9.17) is 20.4 Å². The number of nitrogens with zero attached hydrogens (tertiary/aromatic N) is 4. The van der Waals surface area contributed by atoms with Crippen LogP contribution in [0.5, 0.6) is 0 Å². The van der Waals surface area contributed by atoms with Crippen molar-refractivity contribution in [1.29, 1.82) is 0 Å². The van der Waals surface area contributed by atoms with Crippen molar-refractivity contribution in [2.45, 2.75) is 6.04 Å². The van der Waals surface area contributed by atoms with E-state index in [1.807, 2.05) is 0 Å². The van der Waals surface area contributed by atoms with E-state index in [1.165, 1.54) is 17.2 Å². The number of hydrogen-bond acceptors (Lipinski definition) is 10. The lowest BCUT2D eigenvalue weighted by Gasteiger charge is -2.46. The summed E-state index contributed by atoms with van der Waals surface area (Å²) in [7, 11) is -16.5. The summed E-state index contributed by atoms with van der Waals surface area (Å²) < 4.78 is 60.9. The van der Waals surface area contributed by atoms with Gasteiger partial charge in [0, 0.05) is 11.8 Å². The molecule has 172 valence electrons. The van der Waals surface area contributed by atoms with Crippen LogP contribution in [0.25, 0.3) is 11.2 Å². The van der Waals surface area contributed by atoms with Gasteiger partial charge in [0.15, 0.2) is 11.5 Å². The summed E-state index contributed by atoms with van der Waals surface area (Å²) in [6.07, 6.45) is 2.57. The van der Waals surface area contributed by atoms with Crippen LogP contribution in [0.1, 0.15) is 6.04 Å². The van der Waals surface area contributed by atoms with Gasteiger partial charge in [0.1, 0.15) is 11.8 Å². The summed E-state index contributed by atoms with van der Waals surface area (Å²) in [5.74, 6) is -1.49. The van der Waals surface area contributed by atoms with Crippen LogP contribution in [0.4, 0.5) is 10.2 Å². The third-order valence-electron chi connectivity index (χ3n) is 4.48. The minimum atomic E-state index is -5.64.